The van der Waals surface area contributed by atoms with Crippen LogP contribution in [0.25, 0.3) is 0 Å². The lowest BCUT2D eigenvalue weighted by molar-refractivity contribution is -0.179. The molecule has 0 aliphatic heterocycles. The van der Waals surface area contributed by atoms with Gasteiger partial charge >= 0.3 is 6.18 Å². The smallest absolute Gasteiger partial charge is 0.171 e. The lowest BCUT2D eigenvalue weighted by atomic mass is 9.84. The van der Waals surface area contributed by atoms with Crippen LogP contribution >= 0.6 is 0 Å². The highest BCUT2D eigenvalue weighted by atomic mass is 19.4. The molecule has 0 bridgehead atoms. The third-order valence-electron chi connectivity index (χ3n) is 2.66. The van der Waals surface area contributed by atoms with Gasteiger partial charge in [0.25, 0.3) is 0 Å². The second-order valence-corrected chi connectivity index (χ2v) is 4.38. The Balaban J connectivity index is 2.47. The maximum absolute atomic E-state index is 12.3. The van der Waals surface area contributed by atoms with Crippen molar-refractivity contribution in [3.05, 3.63) is 11.6 Å². The molecule has 0 unspecified atom stereocenters. The van der Waals surface area contributed by atoms with Crippen LogP contribution in [-0.4, -0.2) is 6.18 Å². The number of hydrogen-bond donors (Lipinski definition) is 0. The highest BCUT2D eigenvalue weighted by Crippen LogP contribution is 2.39. The van der Waals surface area contributed by atoms with Gasteiger partial charge in [0.15, 0.2) is 0 Å². The first kappa shape index (κ1) is 11.6. The Bertz CT molecular complexity index is 203. The minimum absolute atomic E-state index is 0.280. The number of rotatable bonds is 1. The normalized spacial score (nSPS) is 24.1. The van der Waals surface area contributed by atoms with E-state index in [9.17, 15) is 13.2 Å². The van der Waals surface area contributed by atoms with Crippen LogP contribution in [0.4, 0.5) is 13.2 Å². The fraction of sp³-hybridized carbons (Fsp3) is 0.818. The number of allylic oxidation sites excluding steroid dienone is 2. The Morgan fingerprint density at radius 2 is 1.71 bits per heavy atom. The van der Waals surface area contributed by atoms with Crippen LogP contribution in [0.15, 0.2) is 11.6 Å². The van der Waals surface area contributed by atoms with E-state index in [1.54, 1.807) is 0 Å². The Morgan fingerprint density at radius 1 is 1.21 bits per heavy atom. The summed E-state index contributed by atoms with van der Waals surface area (Å²) in [7, 11) is 0. The zero-order valence-electron chi connectivity index (χ0n) is 8.69. The van der Waals surface area contributed by atoms with Gasteiger partial charge in [0.05, 0.1) is 5.92 Å². The molecule has 1 rings (SSSR count). The minimum Gasteiger partial charge on any atom is -0.171 e. The third-order valence-corrected chi connectivity index (χ3v) is 2.66. The maximum atomic E-state index is 12.3. The monoisotopic (exact) mass is 206 g/mol. The van der Waals surface area contributed by atoms with Crippen molar-refractivity contribution in [1.82, 2.24) is 0 Å². The van der Waals surface area contributed by atoms with Crippen LogP contribution in [0, 0.1) is 11.8 Å². The Morgan fingerprint density at radius 3 is 2.07 bits per heavy atom. The standard InChI is InChI=1S/C11H17F3/c1-8(2)7-9-3-5-10(6-4-9)11(12,13)14/h7-8,10H,3-6H2,1-2H3. The van der Waals surface area contributed by atoms with Crippen LogP contribution < -0.4 is 0 Å². The first-order chi connectivity index (χ1) is 6.39. The van der Waals surface area contributed by atoms with E-state index in [1.807, 2.05) is 0 Å². The Kier molecular flexibility index (Phi) is 3.62. The summed E-state index contributed by atoms with van der Waals surface area (Å²) in [5, 5.41) is 0. The van der Waals surface area contributed by atoms with E-state index in [-0.39, 0.29) is 12.8 Å². The van der Waals surface area contributed by atoms with Gasteiger partial charge in [-0.2, -0.15) is 13.2 Å². The quantitative estimate of drug-likeness (QED) is 0.560. The third kappa shape index (κ3) is 3.35. The van der Waals surface area contributed by atoms with E-state index in [0.29, 0.717) is 18.8 Å². The van der Waals surface area contributed by atoms with Crippen molar-refractivity contribution >= 4 is 0 Å². The lowest BCUT2D eigenvalue weighted by Gasteiger charge is -2.26. The molecule has 1 fully saturated rings. The van der Waals surface area contributed by atoms with Gasteiger partial charge in [-0.15, -0.1) is 0 Å². The SMILES string of the molecule is CC(C)C=C1CCC(C(F)(F)F)CC1. The molecule has 1 aliphatic rings. The van der Waals surface area contributed by atoms with Crippen LogP contribution in [0.2, 0.25) is 0 Å². The predicted molar refractivity (Wildman–Crippen MR) is 50.9 cm³/mol. The largest absolute Gasteiger partial charge is 0.391 e. The van der Waals surface area contributed by atoms with Gasteiger partial charge in [0, 0.05) is 0 Å². The molecule has 0 heterocycles. The molecule has 0 spiro atoms. The van der Waals surface area contributed by atoms with Crippen molar-refractivity contribution < 1.29 is 13.2 Å². The fourth-order valence-corrected chi connectivity index (χ4v) is 1.95. The van der Waals surface area contributed by atoms with Crippen molar-refractivity contribution in [3.8, 4) is 0 Å². The average Bonchev–Trinajstić information content (AvgIpc) is 2.02. The molecule has 14 heavy (non-hydrogen) atoms. The summed E-state index contributed by atoms with van der Waals surface area (Å²) in [5.74, 6) is -0.612. The van der Waals surface area contributed by atoms with Crippen molar-refractivity contribution in [2.24, 2.45) is 11.8 Å². The van der Waals surface area contributed by atoms with Gasteiger partial charge < -0.3 is 0 Å². The molecule has 0 saturated heterocycles. The van der Waals surface area contributed by atoms with Crippen molar-refractivity contribution in [2.45, 2.75) is 45.7 Å². The summed E-state index contributed by atoms with van der Waals surface area (Å²) in [4.78, 5) is 0. The van der Waals surface area contributed by atoms with Crippen LogP contribution in [0.1, 0.15) is 39.5 Å². The highest BCUT2D eigenvalue weighted by molar-refractivity contribution is 5.06. The molecule has 0 radical (unpaired) electrons. The van der Waals surface area contributed by atoms with E-state index >= 15 is 0 Å². The van der Waals surface area contributed by atoms with Gasteiger partial charge in [0.1, 0.15) is 0 Å². The summed E-state index contributed by atoms with van der Waals surface area (Å²) in [6.45, 7) is 4.12. The zero-order valence-corrected chi connectivity index (χ0v) is 8.69. The number of halogens is 3. The average molecular weight is 206 g/mol. The van der Waals surface area contributed by atoms with E-state index in [1.165, 1.54) is 5.57 Å². The molecule has 0 atom stereocenters. The summed E-state index contributed by atoms with van der Waals surface area (Å²) >= 11 is 0. The highest BCUT2D eigenvalue weighted by Gasteiger charge is 2.40. The predicted octanol–water partition coefficient (Wildman–Crippen LogP) is 4.32. The summed E-state index contributed by atoms with van der Waals surface area (Å²) in [6, 6.07) is 0. The molecule has 0 aromatic carbocycles. The molecule has 3 heteroatoms. The fourth-order valence-electron chi connectivity index (χ4n) is 1.95. The maximum Gasteiger partial charge on any atom is 0.391 e. The van der Waals surface area contributed by atoms with Crippen molar-refractivity contribution in [3.63, 3.8) is 0 Å². The summed E-state index contributed by atoms with van der Waals surface area (Å²) < 4.78 is 36.9. The second-order valence-electron chi connectivity index (χ2n) is 4.38. The van der Waals surface area contributed by atoms with Gasteiger partial charge in [-0.25, -0.2) is 0 Å². The summed E-state index contributed by atoms with van der Waals surface area (Å²) in [6.07, 6.45) is -0.0647. The Hall–Kier alpha value is -0.470. The van der Waals surface area contributed by atoms with E-state index in [0.717, 1.165) is 0 Å². The molecule has 0 nitrogen and oxygen atoms in total. The number of alkyl halides is 3. The first-order valence-electron chi connectivity index (χ1n) is 5.16. The molecule has 0 aromatic rings. The number of hydrogen-bond acceptors (Lipinski definition) is 0. The zero-order chi connectivity index (χ0) is 10.8. The molecule has 0 N–H and O–H groups in total. The van der Waals surface area contributed by atoms with E-state index < -0.39 is 12.1 Å². The second kappa shape index (κ2) is 4.37. The van der Waals surface area contributed by atoms with Crippen molar-refractivity contribution in [1.29, 1.82) is 0 Å². The van der Waals surface area contributed by atoms with Crippen LogP contribution in [0.3, 0.4) is 0 Å². The molecular weight excluding hydrogens is 189 g/mol. The molecule has 0 aromatic heterocycles. The van der Waals surface area contributed by atoms with E-state index in [2.05, 4.69) is 19.9 Å². The summed E-state index contributed by atoms with van der Waals surface area (Å²) in [5.41, 5.74) is 1.21. The molecular formula is C11H17F3. The minimum atomic E-state index is -3.98. The van der Waals surface area contributed by atoms with E-state index in [4.69, 9.17) is 0 Å². The van der Waals surface area contributed by atoms with Gasteiger partial charge in [0.2, 0.25) is 0 Å². The molecule has 1 saturated carbocycles. The Labute approximate surface area is 83.2 Å². The van der Waals surface area contributed by atoms with Crippen LogP contribution in [-0.2, 0) is 0 Å². The molecule has 0 amide bonds. The first-order valence-corrected chi connectivity index (χ1v) is 5.16. The van der Waals surface area contributed by atoms with Gasteiger partial charge in [-0.3, -0.25) is 0 Å². The molecule has 82 valence electrons. The lowest BCUT2D eigenvalue weighted by Crippen LogP contribution is -2.25. The van der Waals surface area contributed by atoms with Gasteiger partial charge in [-0.1, -0.05) is 25.5 Å². The van der Waals surface area contributed by atoms with Crippen LogP contribution in [0.5, 0.6) is 0 Å². The van der Waals surface area contributed by atoms with Gasteiger partial charge in [-0.05, 0) is 31.6 Å². The van der Waals surface area contributed by atoms with Crippen molar-refractivity contribution in [2.75, 3.05) is 0 Å². The molecule has 1 aliphatic carbocycles. The topological polar surface area (TPSA) is 0 Å².